The molecule has 1 N–H and O–H groups in total. The number of nitrogens with one attached hydrogen (secondary N) is 1. The summed E-state index contributed by atoms with van der Waals surface area (Å²) in [6.45, 7) is 4.95. The Morgan fingerprint density at radius 3 is 3.06 bits per heavy atom. The van der Waals surface area contributed by atoms with Crippen LogP contribution in [0.1, 0.15) is 33.1 Å². The quantitative estimate of drug-likeness (QED) is 0.846. The Morgan fingerprint density at radius 1 is 1.50 bits per heavy atom. The van der Waals surface area contributed by atoms with Gasteiger partial charge < -0.3 is 10.1 Å². The van der Waals surface area contributed by atoms with Crippen LogP contribution in [0.3, 0.4) is 0 Å². The first-order valence-electron chi connectivity index (χ1n) is 6.15. The average Bonchev–Trinajstić information content (AvgIpc) is 2.68. The number of aromatic nitrogens is 1. The van der Waals surface area contributed by atoms with Crippen molar-refractivity contribution in [3.05, 3.63) is 18.3 Å². The first kappa shape index (κ1) is 11.2. The van der Waals surface area contributed by atoms with Gasteiger partial charge >= 0.3 is 0 Å². The fraction of sp³-hybridized carbons (Fsp3) is 0.615. The minimum absolute atomic E-state index is 0.573. The lowest BCUT2D eigenvalue weighted by Crippen LogP contribution is -2.22. The lowest BCUT2D eigenvalue weighted by atomic mass is 10.1. The molecule has 0 radical (unpaired) electrons. The highest BCUT2D eigenvalue weighted by molar-refractivity contribution is 5.52. The first-order chi connectivity index (χ1) is 7.81. The number of anilines is 1. The van der Waals surface area contributed by atoms with Gasteiger partial charge in [0.25, 0.3) is 0 Å². The van der Waals surface area contributed by atoms with Gasteiger partial charge in [0.2, 0.25) is 5.88 Å². The van der Waals surface area contributed by atoms with Crippen LogP contribution in [0.4, 0.5) is 5.69 Å². The van der Waals surface area contributed by atoms with Crippen molar-refractivity contribution in [2.75, 3.05) is 11.9 Å². The molecule has 2 rings (SSSR count). The van der Waals surface area contributed by atoms with Gasteiger partial charge in [0.15, 0.2) is 0 Å². The van der Waals surface area contributed by atoms with E-state index in [1.165, 1.54) is 19.3 Å². The van der Waals surface area contributed by atoms with E-state index in [1.807, 2.05) is 19.1 Å². The van der Waals surface area contributed by atoms with Crippen LogP contribution in [-0.2, 0) is 0 Å². The molecule has 1 fully saturated rings. The molecule has 16 heavy (non-hydrogen) atoms. The van der Waals surface area contributed by atoms with Crippen molar-refractivity contribution < 1.29 is 4.74 Å². The molecule has 0 aliphatic heterocycles. The molecule has 0 saturated heterocycles. The van der Waals surface area contributed by atoms with E-state index >= 15 is 0 Å². The molecule has 1 heterocycles. The van der Waals surface area contributed by atoms with Crippen LogP contribution >= 0.6 is 0 Å². The van der Waals surface area contributed by atoms with Gasteiger partial charge in [-0.2, -0.15) is 0 Å². The predicted octanol–water partition coefficient (Wildman–Crippen LogP) is 3.08. The Labute approximate surface area is 97.2 Å². The van der Waals surface area contributed by atoms with Gasteiger partial charge in [0.1, 0.15) is 0 Å². The zero-order chi connectivity index (χ0) is 11.4. The summed E-state index contributed by atoms with van der Waals surface area (Å²) in [4.78, 5) is 4.25. The van der Waals surface area contributed by atoms with E-state index in [-0.39, 0.29) is 0 Å². The van der Waals surface area contributed by atoms with E-state index in [1.54, 1.807) is 6.20 Å². The Bertz CT molecular complexity index is 340. The molecule has 2 atom stereocenters. The van der Waals surface area contributed by atoms with Crippen LogP contribution in [0, 0.1) is 5.92 Å². The summed E-state index contributed by atoms with van der Waals surface area (Å²) >= 11 is 0. The Hall–Kier alpha value is -1.25. The third kappa shape index (κ3) is 2.46. The molecule has 2 unspecified atom stereocenters. The van der Waals surface area contributed by atoms with Crippen LogP contribution in [0.5, 0.6) is 5.88 Å². The molecule has 3 heteroatoms. The van der Waals surface area contributed by atoms with Crippen LogP contribution in [-0.4, -0.2) is 17.6 Å². The summed E-state index contributed by atoms with van der Waals surface area (Å²) in [6, 6.07) is 4.57. The van der Waals surface area contributed by atoms with E-state index < -0.39 is 0 Å². The first-order valence-corrected chi connectivity index (χ1v) is 6.15. The van der Waals surface area contributed by atoms with Gasteiger partial charge in [0, 0.05) is 12.2 Å². The lowest BCUT2D eigenvalue weighted by molar-refractivity contribution is 0.328. The second-order valence-corrected chi connectivity index (χ2v) is 4.45. The maximum absolute atomic E-state index is 5.51. The number of nitrogens with zero attached hydrogens (tertiary/aromatic N) is 1. The molecule has 0 aromatic carbocycles. The van der Waals surface area contributed by atoms with Crippen molar-refractivity contribution in [1.82, 2.24) is 4.98 Å². The van der Waals surface area contributed by atoms with Gasteiger partial charge in [-0.15, -0.1) is 0 Å². The van der Waals surface area contributed by atoms with Crippen molar-refractivity contribution in [2.45, 2.75) is 39.2 Å². The summed E-state index contributed by atoms with van der Waals surface area (Å²) in [5.41, 5.74) is 1.03. The maximum Gasteiger partial charge on any atom is 0.237 e. The number of pyridine rings is 1. The van der Waals surface area contributed by atoms with Crippen molar-refractivity contribution in [1.29, 1.82) is 0 Å². The summed E-state index contributed by atoms with van der Waals surface area (Å²) in [5.74, 6) is 1.47. The van der Waals surface area contributed by atoms with Crippen molar-refractivity contribution in [2.24, 2.45) is 5.92 Å². The fourth-order valence-electron chi connectivity index (χ4n) is 2.31. The molecule has 0 bridgehead atoms. The normalized spacial score (nSPS) is 24.4. The topological polar surface area (TPSA) is 34.1 Å². The molecule has 1 aliphatic rings. The lowest BCUT2D eigenvalue weighted by Gasteiger charge is -2.20. The standard InChI is InChI=1S/C13H20N2O/c1-3-16-13-12(8-5-9-14-13)15-11-7-4-6-10(11)2/h5,8-11,15H,3-4,6-7H2,1-2H3. The molecule has 0 spiro atoms. The highest BCUT2D eigenvalue weighted by atomic mass is 16.5. The smallest absolute Gasteiger partial charge is 0.237 e. The van der Waals surface area contributed by atoms with Gasteiger partial charge in [-0.1, -0.05) is 13.3 Å². The Balaban J connectivity index is 2.07. The summed E-state index contributed by atoms with van der Waals surface area (Å²) in [6.07, 6.45) is 5.67. The molecule has 0 amide bonds. The van der Waals surface area contributed by atoms with Gasteiger partial charge in [-0.3, -0.25) is 0 Å². The van der Waals surface area contributed by atoms with Crippen LogP contribution in [0.2, 0.25) is 0 Å². The predicted molar refractivity (Wildman–Crippen MR) is 65.8 cm³/mol. The number of hydrogen-bond acceptors (Lipinski definition) is 3. The molecule has 3 nitrogen and oxygen atoms in total. The van der Waals surface area contributed by atoms with Crippen LogP contribution in [0.25, 0.3) is 0 Å². The third-order valence-electron chi connectivity index (χ3n) is 3.25. The molecule has 1 aliphatic carbocycles. The zero-order valence-corrected chi connectivity index (χ0v) is 10.1. The second-order valence-electron chi connectivity index (χ2n) is 4.45. The SMILES string of the molecule is CCOc1ncccc1NC1CCCC1C. The van der Waals surface area contributed by atoms with Crippen LogP contribution in [0.15, 0.2) is 18.3 Å². The monoisotopic (exact) mass is 220 g/mol. The largest absolute Gasteiger partial charge is 0.476 e. The van der Waals surface area contributed by atoms with E-state index in [4.69, 9.17) is 4.74 Å². The molecule has 88 valence electrons. The summed E-state index contributed by atoms with van der Waals surface area (Å²) < 4.78 is 5.51. The van der Waals surface area contributed by atoms with E-state index in [2.05, 4.69) is 17.2 Å². The van der Waals surface area contributed by atoms with E-state index in [0.717, 1.165) is 17.5 Å². The fourth-order valence-corrected chi connectivity index (χ4v) is 2.31. The van der Waals surface area contributed by atoms with Gasteiger partial charge in [-0.05, 0) is 37.8 Å². The van der Waals surface area contributed by atoms with E-state index in [0.29, 0.717) is 12.6 Å². The molecular weight excluding hydrogens is 200 g/mol. The average molecular weight is 220 g/mol. The highest BCUT2D eigenvalue weighted by Crippen LogP contribution is 2.30. The van der Waals surface area contributed by atoms with Crippen molar-refractivity contribution in [3.63, 3.8) is 0 Å². The van der Waals surface area contributed by atoms with Crippen LogP contribution < -0.4 is 10.1 Å². The molecular formula is C13H20N2O. The Morgan fingerprint density at radius 2 is 2.38 bits per heavy atom. The molecule has 1 saturated carbocycles. The number of rotatable bonds is 4. The van der Waals surface area contributed by atoms with E-state index in [9.17, 15) is 0 Å². The van der Waals surface area contributed by atoms with Crippen molar-refractivity contribution >= 4 is 5.69 Å². The van der Waals surface area contributed by atoms with Crippen molar-refractivity contribution in [3.8, 4) is 5.88 Å². The zero-order valence-electron chi connectivity index (χ0n) is 10.1. The number of hydrogen-bond donors (Lipinski definition) is 1. The Kier molecular flexibility index (Phi) is 3.65. The minimum atomic E-state index is 0.573. The summed E-state index contributed by atoms with van der Waals surface area (Å²) in [7, 11) is 0. The van der Waals surface area contributed by atoms with Gasteiger partial charge in [0.05, 0.1) is 12.3 Å². The molecule has 1 aromatic rings. The summed E-state index contributed by atoms with van der Waals surface area (Å²) in [5, 5.41) is 3.56. The van der Waals surface area contributed by atoms with Gasteiger partial charge in [-0.25, -0.2) is 4.98 Å². The minimum Gasteiger partial charge on any atom is -0.476 e. The maximum atomic E-state index is 5.51. The molecule has 1 aromatic heterocycles. The second kappa shape index (κ2) is 5.19. The highest BCUT2D eigenvalue weighted by Gasteiger charge is 2.23. The third-order valence-corrected chi connectivity index (χ3v) is 3.25. The number of ether oxygens (including phenoxy) is 1.